The highest BCUT2D eigenvalue weighted by Gasteiger charge is 2.10. The molecule has 0 amide bonds. The third kappa shape index (κ3) is 3.64. The Balaban J connectivity index is 2.28. The number of halogens is 1. The van der Waals surface area contributed by atoms with Gasteiger partial charge >= 0.3 is 5.97 Å². The van der Waals surface area contributed by atoms with Gasteiger partial charge in [0.05, 0.1) is 0 Å². The summed E-state index contributed by atoms with van der Waals surface area (Å²) >= 11 is 2.18. The average Bonchev–Trinajstić information content (AvgIpc) is 2.38. The maximum Gasteiger partial charge on any atom is 0.308 e. The quantitative estimate of drug-likeness (QED) is 0.362. The lowest BCUT2D eigenvalue weighted by Crippen LogP contribution is -2.04. The Morgan fingerprint density at radius 3 is 2.32 bits per heavy atom. The summed E-state index contributed by atoms with van der Waals surface area (Å²) in [7, 11) is 0. The summed E-state index contributed by atoms with van der Waals surface area (Å²) in [6.07, 6.45) is 0. The zero-order valence-electron chi connectivity index (χ0n) is 10.2. The van der Waals surface area contributed by atoms with Gasteiger partial charge in [-0.3, -0.25) is 9.59 Å². The van der Waals surface area contributed by atoms with Gasteiger partial charge < -0.3 is 4.74 Å². The van der Waals surface area contributed by atoms with E-state index in [2.05, 4.69) is 22.6 Å². The molecule has 0 bridgehead atoms. The van der Waals surface area contributed by atoms with E-state index in [1.54, 1.807) is 36.4 Å². The van der Waals surface area contributed by atoms with Gasteiger partial charge in [-0.25, -0.2) is 0 Å². The first-order valence-electron chi connectivity index (χ1n) is 5.65. The van der Waals surface area contributed by atoms with Gasteiger partial charge in [0.25, 0.3) is 0 Å². The van der Waals surface area contributed by atoms with E-state index in [-0.39, 0.29) is 5.78 Å². The molecule has 0 radical (unpaired) electrons. The highest BCUT2D eigenvalue weighted by molar-refractivity contribution is 14.1. The lowest BCUT2D eigenvalue weighted by molar-refractivity contribution is -0.131. The predicted octanol–water partition coefficient (Wildman–Crippen LogP) is 3.45. The van der Waals surface area contributed by atoms with Crippen molar-refractivity contribution in [3.63, 3.8) is 0 Å². The number of ketones is 1. The molecule has 0 N–H and O–H groups in total. The monoisotopic (exact) mass is 366 g/mol. The van der Waals surface area contributed by atoms with E-state index < -0.39 is 5.97 Å². The molecule has 0 unspecified atom stereocenters. The zero-order valence-corrected chi connectivity index (χ0v) is 12.4. The van der Waals surface area contributed by atoms with Gasteiger partial charge in [0.1, 0.15) is 5.75 Å². The van der Waals surface area contributed by atoms with Crippen LogP contribution in [-0.2, 0) is 4.79 Å². The maximum atomic E-state index is 12.3. The summed E-state index contributed by atoms with van der Waals surface area (Å²) in [6, 6.07) is 13.9. The van der Waals surface area contributed by atoms with Crippen molar-refractivity contribution < 1.29 is 14.3 Å². The van der Waals surface area contributed by atoms with Gasteiger partial charge in [-0.2, -0.15) is 0 Å². The molecule has 96 valence electrons. The standard InChI is InChI=1S/C15H11IO3/c1-10(17)19-14-4-2-3-12(9-14)15(18)11-5-7-13(16)8-6-11/h2-9H,1H3. The Hall–Kier alpha value is -1.69. The Bertz CT molecular complexity index is 618. The van der Waals surface area contributed by atoms with Gasteiger partial charge in [0, 0.05) is 21.6 Å². The number of ether oxygens (including phenoxy) is 1. The molecule has 0 heterocycles. The van der Waals surface area contributed by atoms with E-state index in [0.29, 0.717) is 16.9 Å². The number of rotatable bonds is 3. The molecule has 3 nitrogen and oxygen atoms in total. The largest absolute Gasteiger partial charge is 0.427 e. The fourth-order valence-electron chi connectivity index (χ4n) is 1.63. The van der Waals surface area contributed by atoms with Crippen LogP contribution in [0.1, 0.15) is 22.8 Å². The summed E-state index contributed by atoms with van der Waals surface area (Å²) in [4.78, 5) is 23.1. The molecular formula is C15H11IO3. The number of benzene rings is 2. The Labute approximate surface area is 124 Å². The van der Waals surface area contributed by atoms with Crippen molar-refractivity contribution >= 4 is 34.3 Å². The molecule has 0 aliphatic carbocycles. The molecule has 2 aromatic rings. The van der Waals surface area contributed by atoms with E-state index in [0.717, 1.165) is 3.57 Å². The molecule has 2 aromatic carbocycles. The van der Waals surface area contributed by atoms with Gasteiger partial charge in [-0.15, -0.1) is 0 Å². The number of carbonyl (C=O) groups excluding carboxylic acids is 2. The van der Waals surface area contributed by atoms with Gasteiger partial charge in [-0.1, -0.05) is 12.1 Å². The van der Waals surface area contributed by atoms with Crippen molar-refractivity contribution in [2.24, 2.45) is 0 Å². The van der Waals surface area contributed by atoms with Crippen LogP contribution in [0.4, 0.5) is 0 Å². The van der Waals surface area contributed by atoms with Crippen molar-refractivity contribution in [2.75, 3.05) is 0 Å². The molecule has 0 saturated carbocycles. The first-order valence-corrected chi connectivity index (χ1v) is 6.73. The second-order valence-corrected chi connectivity index (χ2v) is 5.20. The molecule has 0 aliphatic heterocycles. The van der Waals surface area contributed by atoms with Crippen molar-refractivity contribution in [3.8, 4) is 5.75 Å². The molecule has 0 saturated heterocycles. The second-order valence-electron chi connectivity index (χ2n) is 3.96. The smallest absolute Gasteiger partial charge is 0.308 e. The normalized spacial score (nSPS) is 10.0. The number of carbonyl (C=O) groups is 2. The Morgan fingerprint density at radius 1 is 1.00 bits per heavy atom. The van der Waals surface area contributed by atoms with Crippen molar-refractivity contribution in [2.45, 2.75) is 6.92 Å². The van der Waals surface area contributed by atoms with Gasteiger partial charge in [0.15, 0.2) is 5.78 Å². The van der Waals surface area contributed by atoms with E-state index in [1.165, 1.54) is 6.92 Å². The molecular weight excluding hydrogens is 355 g/mol. The zero-order chi connectivity index (χ0) is 13.8. The average molecular weight is 366 g/mol. The van der Waals surface area contributed by atoms with E-state index in [4.69, 9.17) is 4.74 Å². The molecule has 0 aliphatic rings. The molecule has 0 aromatic heterocycles. The highest BCUT2D eigenvalue weighted by Crippen LogP contribution is 2.17. The number of esters is 1. The van der Waals surface area contributed by atoms with Crippen molar-refractivity contribution in [3.05, 3.63) is 63.2 Å². The number of hydrogen-bond donors (Lipinski definition) is 0. The van der Waals surface area contributed by atoms with Crippen LogP contribution < -0.4 is 4.74 Å². The third-order valence-corrected chi connectivity index (χ3v) is 3.18. The Kier molecular flexibility index (Phi) is 4.31. The fourth-order valence-corrected chi connectivity index (χ4v) is 1.99. The summed E-state index contributed by atoms with van der Waals surface area (Å²) in [5, 5.41) is 0. The number of hydrogen-bond acceptors (Lipinski definition) is 3. The van der Waals surface area contributed by atoms with Crippen LogP contribution in [-0.4, -0.2) is 11.8 Å². The van der Waals surface area contributed by atoms with Crippen LogP contribution in [0.5, 0.6) is 5.75 Å². The predicted molar refractivity (Wildman–Crippen MR) is 80.3 cm³/mol. The van der Waals surface area contributed by atoms with Crippen LogP contribution in [0.2, 0.25) is 0 Å². The first-order chi connectivity index (χ1) is 9.06. The third-order valence-electron chi connectivity index (χ3n) is 2.46. The summed E-state index contributed by atoms with van der Waals surface area (Å²) in [5.74, 6) is -0.117. The van der Waals surface area contributed by atoms with Crippen LogP contribution in [0.15, 0.2) is 48.5 Å². The summed E-state index contributed by atoms with van der Waals surface area (Å²) < 4.78 is 6.04. The van der Waals surface area contributed by atoms with Crippen LogP contribution in [0.25, 0.3) is 0 Å². The van der Waals surface area contributed by atoms with Crippen molar-refractivity contribution in [1.29, 1.82) is 0 Å². The topological polar surface area (TPSA) is 43.4 Å². The summed E-state index contributed by atoms with van der Waals surface area (Å²) in [5.41, 5.74) is 1.11. The minimum Gasteiger partial charge on any atom is -0.427 e. The van der Waals surface area contributed by atoms with Gasteiger partial charge in [-0.05, 0) is 59.0 Å². The lowest BCUT2D eigenvalue weighted by atomic mass is 10.0. The van der Waals surface area contributed by atoms with E-state index >= 15 is 0 Å². The van der Waals surface area contributed by atoms with Crippen LogP contribution in [0, 0.1) is 3.57 Å². The van der Waals surface area contributed by atoms with E-state index in [1.807, 2.05) is 12.1 Å². The van der Waals surface area contributed by atoms with E-state index in [9.17, 15) is 9.59 Å². The minimum atomic E-state index is -0.404. The van der Waals surface area contributed by atoms with Crippen LogP contribution in [0.3, 0.4) is 0 Å². The fraction of sp³-hybridized carbons (Fsp3) is 0.0667. The van der Waals surface area contributed by atoms with Crippen molar-refractivity contribution in [1.82, 2.24) is 0 Å². The van der Waals surface area contributed by atoms with Crippen LogP contribution >= 0.6 is 22.6 Å². The molecule has 4 heteroatoms. The molecule has 2 rings (SSSR count). The van der Waals surface area contributed by atoms with Gasteiger partial charge in [0.2, 0.25) is 0 Å². The Morgan fingerprint density at radius 2 is 1.68 bits per heavy atom. The lowest BCUT2D eigenvalue weighted by Gasteiger charge is -2.04. The maximum absolute atomic E-state index is 12.3. The first kappa shape index (κ1) is 13.7. The second kappa shape index (κ2) is 5.97. The summed E-state index contributed by atoms with van der Waals surface area (Å²) in [6.45, 7) is 1.33. The highest BCUT2D eigenvalue weighted by atomic mass is 127. The molecule has 0 spiro atoms. The SMILES string of the molecule is CC(=O)Oc1cccc(C(=O)c2ccc(I)cc2)c1. The molecule has 0 fully saturated rings. The molecule has 19 heavy (non-hydrogen) atoms. The minimum absolute atomic E-state index is 0.0922. The molecule has 0 atom stereocenters.